The summed E-state index contributed by atoms with van der Waals surface area (Å²) in [6.07, 6.45) is 0. The molecular weight excluding hydrogens is 356 g/mol. The van der Waals surface area contributed by atoms with Crippen LogP contribution in [0.1, 0.15) is 12.5 Å². The molecule has 2 aromatic rings. The van der Waals surface area contributed by atoms with Gasteiger partial charge in [0.25, 0.3) is 0 Å². The van der Waals surface area contributed by atoms with Crippen LogP contribution in [-0.2, 0) is 14.8 Å². The molecule has 0 saturated heterocycles. The first kappa shape index (κ1) is 19.5. The number of carbonyl (C=O) groups is 1. The van der Waals surface area contributed by atoms with Crippen molar-refractivity contribution < 1.29 is 13.2 Å². The summed E-state index contributed by atoms with van der Waals surface area (Å²) in [6, 6.07) is 14.6. The molecule has 0 aliphatic rings. The molecule has 5 nitrogen and oxygen atoms in total. The molecule has 7 heteroatoms. The Kier molecular flexibility index (Phi) is 6.26. The van der Waals surface area contributed by atoms with Gasteiger partial charge in [-0.2, -0.15) is 0 Å². The number of benzene rings is 2. The molecule has 1 amide bonds. The lowest BCUT2D eigenvalue weighted by Crippen LogP contribution is -2.24. The summed E-state index contributed by atoms with van der Waals surface area (Å²) >= 11 is 1.45. The molecular formula is C18H22N2O3S2. The predicted octanol–water partition coefficient (Wildman–Crippen LogP) is 3.36. The van der Waals surface area contributed by atoms with Gasteiger partial charge in [0.15, 0.2) is 0 Å². The first-order valence-electron chi connectivity index (χ1n) is 7.77. The van der Waals surface area contributed by atoms with Gasteiger partial charge in [-0.15, -0.1) is 11.8 Å². The maximum Gasteiger partial charge on any atom is 0.242 e. The molecule has 2 rings (SSSR count). The fourth-order valence-electron chi connectivity index (χ4n) is 2.15. The Morgan fingerprint density at radius 3 is 2.36 bits per heavy atom. The van der Waals surface area contributed by atoms with Crippen molar-refractivity contribution in [3.63, 3.8) is 0 Å². The van der Waals surface area contributed by atoms with Crippen molar-refractivity contribution in [2.75, 3.05) is 19.4 Å². The van der Waals surface area contributed by atoms with E-state index in [1.54, 1.807) is 19.1 Å². The molecule has 0 aliphatic heterocycles. The highest BCUT2D eigenvalue weighted by molar-refractivity contribution is 8.00. The molecule has 0 saturated carbocycles. The highest BCUT2D eigenvalue weighted by Crippen LogP contribution is 2.25. The lowest BCUT2D eigenvalue weighted by molar-refractivity contribution is -0.115. The third-order valence-electron chi connectivity index (χ3n) is 3.64. The van der Waals surface area contributed by atoms with Crippen LogP contribution in [0.25, 0.3) is 0 Å². The normalized spacial score (nSPS) is 12.8. The molecule has 1 atom stereocenters. The molecule has 134 valence electrons. The Morgan fingerprint density at radius 1 is 1.12 bits per heavy atom. The van der Waals surface area contributed by atoms with Gasteiger partial charge in [-0.1, -0.05) is 24.3 Å². The minimum absolute atomic E-state index is 0.175. The number of hydrogen-bond acceptors (Lipinski definition) is 4. The quantitative estimate of drug-likeness (QED) is 0.783. The Morgan fingerprint density at radius 2 is 1.76 bits per heavy atom. The van der Waals surface area contributed by atoms with E-state index in [1.165, 1.54) is 31.9 Å². The zero-order valence-electron chi connectivity index (χ0n) is 14.7. The largest absolute Gasteiger partial charge is 0.325 e. The van der Waals surface area contributed by atoms with Crippen LogP contribution in [0.2, 0.25) is 0 Å². The van der Waals surface area contributed by atoms with E-state index in [1.807, 2.05) is 37.3 Å². The van der Waals surface area contributed by atoms with Crippen molar-refractivity contribution in [1.82, 2.24) is 4.31 Å². The lowest BCUT2D eigenvalue weighted by atomic mass is 10.2. The first-order valence-corrected chi connectivity index (χ1v) is 10.1. The second-order valence-electron chi connectivity index (χ2n) is 5.83. The van der Waals surface area contributed by atoms with Crippen molar-refractivity contribution in [3.05, 3.63) is 54.1 Å². The van der Waals surface area contributed by atoms with E-state index in [9.17, 15) is 13.2 Å². The number of hydrogen-bond donors (Lipinski definition) is 1. The fraction of sp³-hybridized carbons (Fsp3) is 0.278. The predicted molar refractivity (Wildman–Crippen MR) is 102 cm³/mol. The van der Waals surface area contributed by atoms with Gasteiger partial charge in [-0.05, 0) is 43.7 Å². The molecule has 0 heterocycles. The second kappa shape index (κ2) is 8.03. The summed E-state index contributed by atoms with van der Waals surface area (Å²) < 4.78 is 25.9. The second-order valence-corrected chi connectivity index (χ2v) is 9.36. The van der Waals surface area contributed by atoms with Crippen molar-refractivity contribution in [2.45, 2.75) is 28.9 Å². The van der Waals surface area contributed by atoms with Gasteiger partial charge in [0, 0.05) is 24.7 Å². The van der Waals surface area contributed by atoms with E-state index in [2.05, 4.69) is 5.32 Å². The van der Waals surface area contributed by atoms with Crippen LogP contribution < -0.4 is 5.32 Å². The number of sulfonamides is 1. The van der Waals surface area contributed by atoms with Gasteiger partial charge < -0.3 is 5.32 Å². The minimum atomic E-state index is -3.56. The Hall–Kier alpha value is -1.83. The smallest absolute Gasteiger partial charge is 0.242 e. The molecule has 2 aromatic carbocycles. The van der Waals surface area contributed by atoms with E-state index in [0.717, 1.165) is 9.20 Å². The number of anilines is 1. The van der Waals surface area contributed by atoms with Crippen LogP contribution in [0.5, 0.6) is 0 Å². The van der Waals surface area contributed by atoms with Crippen molar-refractivity contribution in [2.24, 2.45) is 0 Å². The standard InChI is InChI=1S/C18H22N2O3S2/c1-13-10-11-15(12-17(13)25(22,23)20(3)4)19-18(21)14(2)24-16-8-6-5-7-9-16/h5-12,14H,1-4H3,(H,19,21). The number of aryl methyl sites for hydroxylation is 1. The van der Waals surface area contributed by atoms with Gasteiger partial charge in [-0.3, -0.25) is 4.79 Å². The monoisotopic (exact) mass is 378 g/mol. The van der Waals surface area contributed by atoms with Gasteiger partial charge in [0.05, 0.1) is 10.1 Å². The van der Waals surface area contributed by atoms with E-state index in [0.29, 0.717) is 11.3 Å². The maximum absolute atomic E-state index is 12.4. The first-order chi connectivity index (χ1) is 11.7. The van der Waals surface area contributed by atoms with E-state index in [4.69, 9.17) is 0 Å². The zero-order chi connectivity index (χ0) is 18.6. The number of carbonyl (C=O) groups excluding carboxylic acids is 1. The number of nitrogens with zero attached hydrogens (tertiary/aromatic N) is 1. The SMILES string of the molecule is Cc1ccc(NC(=O)C(C)Sc2ccccc2)cc1S(=O)(=O)N(C)C. The highest BCUT2D eigenvalue weighted by Gasteiger charge is 2.21. The average molecular weight is 379 g/mol. The third-order valence-corrected chi connectivity index (χ3v) is 6.71. The molecule has 25 heavy (non-hydrogen) atoms. The maximum atomic E-state index is 12.4. The van der Waals surface area contributed by atoms with Crippen molar-refractivity contribution >= 4 is 33.4 Å². The summed E-state index contributed by atoms with van der Waals surface area (Å²) in [5.74, 6) is -0.175. The van der Waals surface area contributed by atoms with E-state index < -0.39 is 10.0 Å². The molecule has 1 N–H and O–H groups in total. The summed E-state index contributed by atoms with van der Waals surface area (Å²) in [4.78, 5) is 13.6. The fourth-order valence-corrected chi connectivity index (χ4v) is 4.19. The van der Waals surface area contributed by atoms with Crippen LogP contribution >= 0.6 is 11.8 Å². The Bertz CT molecular complexity index is 850. The molecule has 0 bridgehead atoms. The summed E-state index contributed by atoms with van der Waals surface area (Å²) in [5, 5.41) is 2.49. The van der Waals surface area contributed by atoms with Gasteiger partial charge in [-0.25, -0.2) is 12.7 Å². The Balaban J connectivity index is 2.16. The number of amides is 1. The van der Waals surface area contributed by atoms with Crippen LogP contribution in [0, 0.1) is 6.92 Å². The Labute approximate surface area is 153 Å². The van der Waals surface area contributed by atoms with E-state index >= 15 is 0 Å². The lowest BCUT2D eigenvalue weighted by Gasteiger charge is -2.16. The van der Waals surface area contributed by atoms with Crippen molar-refractivity contribution in [3.8, 4) is 0 Å². The van der Waals surface area contributed by atoms with E-state index in [-0.39, 0.29) is 16.1 Å². The topological polar surface area (TPSA) is 66.5 Å². The number of rotatable bonds is 6. The molecule has 0 spiro atoms. The third kappa shape index (κ3) is 4.84. The average Bonchev–Trinajstić information content (AvgIpc) is 2.57. The molecule has 0 aromatic heterocycles. The van der Waals surface area contributed by atoms with Gasteiger partial charge in [0.1, 0.15) is 0 Å². The van der Waals surface area contributed by atoms with Crippen molar-refractivity contribution in [1.29, 1.82) is 0 Å². The van der Waals surface area contributed by atoms with Gasteiger partial charge >= 0.3 is 0 Å². The molecule has 0 aliphatic carbocycles. The molecule has 0 radical (unpaired) electrons. The molecule has 0 fully saturated rings. The zero-order valence-corrected chi connectivity index (χ0v) is 16.3. The van der Waals surface area contributed by atoms with Crippen LogP contribution in [0.15, 0.2) is 58.3 Å². The summed E-state index contributed by atoms with van der Waals surface area (Å²) in [7, 11) is -0.588. The molecule has 1 unspecified atom stereocenters. The number of thioether (sulfide) groups is 1. The van der Waals surface area contributed by atoms with Crippen LogP contribution in [0.3, 0.4) is 0 Å². The van der Waals surface area contributed by atoms with Gasteiger partial charge in [0.2, 0.25) is 15.9 Å². The minimum Gasteiger partial charge on any atom is -0.325 e. The highest BCUT2D eigenvalue weighted by atomic mass is 32.2. The van der Waals surface area contributed by atoms with Crippen LogP contribution in [0.4, 0.5) is 5.69 Å². The van der Waals surface area contributed by atoms with Crippen LogP contribution in [-0.4, -0.2) is 38.0 Å². The number of nitrogens with one attached hydrogen (secondary N) is 1. The summed E-state index contributed by atoms with van der Waals surface area (Å²) in [6.45, 7) is 3.55. The summed E-state index contributed by atoms with van der Waals surface area (Å²) in [5.41, 5.74) is 1.11.